The van der Waals surface area contributed by atoms with Gasteiger partial charge in [0.1, 0.15) is 6.04 Å². The molecule has 0 bridgehead atoms. The van der Waals surface area contributed by atoms with E-state index in [-0.39, 0.29) is 0 Å². The van der Waals surface area contributed by atoms with Crippen LogP contribution >= 0.6 is 0 Å². The van der Waals surface area contributed by atoms with Crippen LogP contribution in [0, 0.1) is 5.92 Å². The highest BCUT2D eigenvalue weighted by Crippen LogP contribution is 2.28. The molecule has 2 aliphatic carbocycles. The minimum absolute atomic E-state index is 0.420. The third-order valence-corrected chi connectivity index (χ3v) is 2.91. The molecule has 0 radical (unpaired) electrons. The number of nitrogens with one attached hydrogen (secondary N) is 1. The first kappa shape index (κ1) is 10.9. The number of carboxylic acids is 1. The molecule has 0 aromatic rings. The Labute approximate surface area is 90.0 Å². The lowest BCUT2D eigenvalue weighted by Gasteiger charge is -2.13. The highest BCUT2D eigenvalue weighted by Gasteiger charge is 2.28. The van der Waals surface area contributed by atoms with E-state index in [2.05, 4.69) is 5.32 Å². The van der Waals surface area contributed by atoms with Crippen molar-refractivity contribution >= 4 is 5.97 Å². The molecule has 2 aliphatic rings. The van der Waals surface area contributed by atoms with Crippen LogP contribution in [-0.4, -0.2) is 36.4 Å². The largest absolute Gasteiger partial charge is 0.480 e. The molecule has 0 aromatic carbocycles. The van der Waals surface area contributed by atoms with Gasteiger partial charge < -0.3 is 15.2 Å². The van der Waals surface area contributed by atoms with Crippen molar-refractivity contribution in [2.75, 3.05) is 13.2 Å². The maximum Gasteiger partial charge on any atom is 0.320 e. The number of carboxylic acid groups (broad SMARTS) is 1. The van der Waals surface area contributed by atoms with Crippen molar-refractivity contribution in [3.05, 3.63) is 0 Å². The number of rotatable bonds is 8. The second-order valence-corrected chi connectivity index (χ2v) is 4.64. The van der Waals surface area contributed by atoms with Gasteiger partial charge in [-0.25, -0.2) is 0 Å². The second-order valence-electron chi connectivity index (χ2n) is 4.64. The number of ether oxygens (including phenoxy) is 1. The maximum atomic E-state index is 10.9. The van der Waals surface area contributed by atoms with Crippen molar-refractivity contribution in [1.29, 1.82) is 0 Å². The molecule has 0 spiro atoms. The molecule has 2 fully saturated rings. The van der Waals surface area contributed by atoms with E-state index in [1.807, 2.05) is 0 Å². The van der Waals surface area contributed by atoms with Crippen molar-refractivity contribution in [2.24, 2.45) is 5.92 Å². The van der Waals surface area contributed by atoms with Crippen LogP contribution in [0.25, 0.3) is 0 Å². The Morgan fingerprint density at radius 1 is 1.40 bits per heavy atom. The molecule has 1 unspecified atom stereocenters. The van der Waals surface area contributed by atoms with Crippen LogP contribution in [0.2, 0.25) is 0 Å². The van der Waals surface area contributed by atoms with Gasteiger partial charge in [-0.05, 0) is 38.0 Å². The summed E-state index contributed by atoms with van der Waals surface area (Å²) in [4.78, 5) is 10.9. The van der Waals surface area contributed by atoms with Crippen molar-refractivity contribution in [3.63, 3.8) is 0 Å². The van der Waals surface area contributed by atoms with E-state index in [9.17, 15) is 4.79 Å². The highest BCUT2D eigenvalue weighted by atomic mass is 16.5. The average molecular weight is 213 g/mol. The Morgan fingerprint density at radius 2 is 2.13 bits per heavy atom. The van der Waals surface area contributed by atoms with Crippen LogP contribution in [0.3, 0.4) is 0 Å². The normalized spacial score (nSPS) is 22.7. The number of hydrogen-bond donors (Lipinski definition) is 2. The van der Waals surface area contributed by atoms with Gasteiger partial charge in [-0.2, -0.15) is 0 Å². The van der Waals surface area contributed by atoms with E-state index in [0.717, 1.165) is 25.4 Å². The summed E-state index contributed by atoms with van der Waals surface area (Å²) < 4.78 is 5.44. The van der Waals surface area contributed by atoms with Gasteiger partial charge in [0.25, 0.3) is 0 Å². The Morgan fingerprint density at radius 3 is 2.67 bits per heavy atom. The zero-order chi connectivity index (χ0) is 10.7. The molecular formula is C11H19NO3. The molecule has 0 amide bonds. The van der Waals surface area contributed by atoms with E-state index in [4.69, 9.17) is 9.84 Å². The third-order valence-electron chi connectivity index (χ3n) is 2.91. The van der Waals surface area contributed by atoms with Gasteiger partial charge in [0, 0.05) is 19.3 Å². The van der Waals surface area contributed by atoms with Crippen molar-refractivity contribution < 1.29 is 14.6 Å². The summed E-state index contributed by atoms with van der Waals surface area (Å²) in [7, 11) is 0. The van der Waals surface area contributed by atoms with E-state index in [1.54, 1.807) is 0 Å². The van der Waals surface area contributed by atoms with E-state index in [1.165, 1.54) is 12.8 Å². The molecule has 0 aromatic heterocycles. The molecule has 86 valence electrons. The summed E-state index contributed by atoms with van der Waals surface area (Å²) in [6, 6.07) is 0.0197. The SMILES string of the molecule is O=C(O)C(CCOCC1CC1)NC1CC1. The Balaban J connectivity index is 1.57. The molecule has 2 saturated carbocycles. The molecule has 2 rings (SSSR count). The van der Waals surface area contributed by atoms with Crippen LogP contribution in [0.1, 0.15) is 32.1 Å². The number of hydrogen-bond acceptors (Lipinski definition) is 3. The summed E-state index contributed by atoms with van der Waals surface area (Å²) in [5.74, 6) is 0.00147. The minimum Gasteiger partial charge on any atom is -0.480 e. The molecule has 4 nitrogen and oxygen atoms in total. The average Bonchev–Trinajstić information content (AvgIpc) is 3.03. The zero-order valence-electron chi connectivity index (χ0n) is 8.95. The summed E-state index contributed by atoms with van der Waals surface area (Å²) in [5.41, 5.74) is 0. The maximum absolute atomic E-state index is 10.9. The molecule has 0 aliphatic heterocycles. The highest BCUT2D eigenvalue weighted by molar-refractivity contribution is 5.73. The molecule has 0 heterocycles. The first-order chi connectivity index (χ1) is 7.25. The molecule has 2 N–H and O–H groups in total. The molecule has 0 saturated heterocycles. The fourth-order valence-corrected chi connectivity index (χ4v) is 1.55. The van der Waals surface area contributed by atoms with Crippen molar-refractivity contribution in [1.82, 2.24) is 5.32 Å². The summed E-state index contributed by atoms with van der Waals surface area (Å²) in [5, 5.41) is 12.1. The lowest BCUT2D eigenvalue weighted by atomic mass is 10.2. The molecule has 4 heteroatoms. The first-order valence-electron chi connectivity index (χ1n) is 5.82. The zero-order valence-corrected chi connectivity index (χ0v) is 8.95. The van der Waals surface area contributed by atoms with Crippen LogP contribution in [-0.2, 0) is 9.53 Å². The Bertz CT molecular complexity index is 224. The van der Waals surface area contributed by atoms with E-state index in [0.29, 0.717) is 19.1 Å². The Hall–Kier alpha value is -0.610. The lowest BCUT2D eigenvalue weighted by molar-refractivity contribution is -0.140. The predicted octanol–water partition coefficient (Wildman–Crippen LogP) is 1.01. The van der Waals surface area contributed by atoms with Crippen LogP contribution in [0.4, 0.5) is 0 Å². The van der Waals surface area contributed by atoms with Crippen LogP contribution in [0.5, 0.6) is 0 Å². The van der Waals surface area contributed by atoms with Gasteiger partial charge in [-0.15, -0.1) is 0 Å². The predicted molar refractivity (Wildman–Crippen MR) is 55.7 cm³/mol. The fourth-order valence-electron chi connectivity index (χ4n) is 1.55. The fraction of sp³-hybridized carbons (Fsp3) is 0.909. The monoisotopic (exact) mass is 213 g/mol. The topological polar surface area (TPSA) is 58.6 Å². The quantitative estimate of drug-likeness (QED) is 0.591. The van der Waals surface area contributed by atoms with Gasteiger partial charge >= 0.3 is 5.97 Å². The summed E-state index contributed by atoms with van der Waals surface area (Å²) >= 11 is 0. The second kappa shape index (κ2) is 4.94. The molecular weight excluding hydrogens is 194 g/mol. The summed E-state index contributed by atoms with van der Waals surface area (Å²) in [6.45, 7) is 1.38. The van der Waals surface area contributed by atoms with Crippen LogP contribution in [0.15, 0.2) is 0 Å². The molecule has 1 atom stereocenters. The first-order valence-corrected chi connectivity index (χ1v) is 5.82. The van der Waals surface area contributed by atoms with Crippen LogP contribution < -0.4 is 5.32 Å². The van der Waals surface area contributed by atoms with E-state index >= 15 is 0 Å². The van der Waals surface area contributed by atoms with Gasteiger partial charge in [0.2, 0.25) is 0 Å². The van der Waals surface area contributed by atoms with Gasteiger partial charge in [-0.3, -0.25) is 4.79 Å². The van der Waals surface area contributed by atoms with Crippen molar-refractivity contribution in [3.8, 4) is 0 Å². The lowest BCUT2D eigenvalue weighted by Crippen LogP contribution is -2.39. The van der Waals surface area contributed by atoms with Crippen molar-refractivity contribution in [2.45, 2.75) is 44.2 Å². The van der Waals surface area contributed by atoms with E-state index < -0.39 is 12.0 Å². The third kappa shape index (κ3) is 4.18. The standard InChI is InChI=1S/C11H19NO3/c13-11(14)10(12-9-3-4-9)5-6-15-7-8-1-2-8/h8-10,12H,1-7H2,(H,13,14). The number of carbonyl (C=O) groups is 1. The number of aliphatic carboxylic acids is 1. The Kier molecular flexibility index (Phi) is 3.59. The van der Waals surface area contributed by atoms with Gasteiger partial charge in [0.05, 0.1) is 0 Å². The summed E-state index contributed by atoms with van der Waals surface area (Å²) in [6.07, 6.45) is 5.38. The van der Waals surface area contributed by atoms with Gasteiger partial charge in [0.15, 0.2) is 0 Å². The molecule has 15 heavy (non-hydrogen) atoms. The minimum atomic E-state index is -0.753. The van der Waals surface area contributed by atoms with Gasteiger partial charge in [-0.1, -0.05) is 0 Å². The smallest absolute Gasteiger partial charge is 0.320 e.